The van der Waals surface area contributed by atoms with E-state index < -0.39 is 24.0 Å². The van der Waals surface area contributed by atoms with E-state index in [0.717, 1.165) is 0 Å². The normalized spacial score (nSPS) is 19.1. The third kappa shape index (κ3) is 1.75. The van der Waals surface area contributed by atoms with E-state index in [1.54, 1.807) is 0 Å². The van der Waals surface area contributed by atoms with Crippen LogP contribution in [0.2, 0.25) is 0 Å². The fraction of sp³-hybridized carbons (Fsp3) is 0.857. The Hall–Kier alpha value is -0.470. The minimum absolute atomic E-state index is 0.420. The minimum Gasteiger partial charge on any atom is -0.300 e. The Balaban J connectivity index is 2.41. The largest absolute Gasteiger partial charge is 0.300 e. The molecule has 0 heterocycles. The molecule has 1 fully saturated rings. The predicted molar refractivity (Wildman–Crippen MR) is 33.0 cm³/mol. The highest BCUT2D eigenvalue weighted by Crippen LogP contribution is 2.45. The molecule has 0 aromatic heterocycles. The molecule has 0 spiro atoms. The highest BCUT2D eigenvalue weighted by molar-refractivity contribution is 5.76. The van der Waals surface area contributed by atoms with Gasteiger partial charge in [-0.05, 0) is 19.8 Å². The molecule has 0 aromatic rings. The molecule has 0 aromatic carbocycles. The number of carbonyl (C=O) groups is 1. The van der Waals surface area contributed by atoms with E-state index in [2.05, 4.69) is 0 Å². The van der Waals surface area contributed by atoms with Gasteiger partial charge in [0.25, 0.3) is 5.92 Å². The molecule has 0 unspecified atom stereocenters. The Kier molecular flexibility index (Phi) is 1.75. The van der Waals surface area contributed by atoms with E-state index in [-0.39, 0.29) is 0 Å². The van der Waals surface area contributed by atoms with Gasteiger partial charge in [0.1, 0.15) is 5.78 Å². The molecular weight excluding hydrogens is 138 g/mol. The fourth-order valence-corrected chi connectivity index (χ4v) is 0.982. The number of alkyl halides is 2. The number of Topliss-reactive ketones (excluding diaryl/α,β-unsaturated/α-hetero) is 1. The van der Waals surface area contributed by atoms with Crippen molar-refractivity contribution >= 4 is 5.78 Å². The van der Waals surface area contributed by atoms with Gasteiger partial charge < -0.3 is 0 Å². The van der Waals surface area contributed by atoms with Crippen LogP contribution in [0.15, 0.2) is 0 Å². The van der Waals surface area contributed by atoms with E-state index in [9.17, 15) is 13.6 Å². The van der Waals surface area contributed by atoms with Crippen molar-refractivity contribution in [3.63, 3.8) is 0 Å². The van der Waals surface area contributed by atoms with Crippen molar-refractivity contribution in [2.45, 2.75) is 32.1 Å². The molecule has 0 radical (unpaired) electrons. The molecule has 0 N–H and O–H groups in total. The third-order valence-electron chi connectivity index (χ3n) is 1.66. The maximum atomic E-state index is 12.6. The van der Waals surface area contributed by atoms with Gasteiger partial charge in [-0.1, -0.05) is 0 Å². The number of ketones is 1. The lowest BCUT2D eigenvalue weighted by Gasteiger charge is -2.12. The first-order valence-corrected chi connectivity index (χ1v) is 3.39. The Labute approximate surface area is 58.4 Å². The highest BCUT2D eigenvalue weighted by atomic mass is 19.3. The van der Waals surface area contributed by atoms with Gasteiger partial charge >= 0.3 is 0 Å². The van der Waals surface area contributed by atoms with E-state index in [4.69, 9.17) is 0 Å². The van der Waals surface area contributed by atoms with Gasteiger partial charge in [-0.25, -0.2) is 8.78 Å². The summed E-state index contributed by atoms with van der Waals surface area (Å²) < 4.78 is 25.3. The van der Waals surface area contributed by atoms with Crippen LogP contribution in [0.25, 0.3) is 0 Å². The standard InChI is InChI=1S/C7H10F2O/c1-5(10)4-7(8,9)6-2-3-6/h6H,2-4H2,1H3. The van der Waals surface area contributed by atoms with E-state index >= 15 is 0 Å². The molecule has 1 rings (SSSR count). The average Bonchev–Trinajstić information content (AvgIpc) is 2.35. The lowest BCUT2D eigenvalue weighted by molar-refractivity contribution is -0.125. The summed E-state index contributed by atoms with van der Waals surface area (Å²) in [6.07, 6.45) is 0.595. The molecule has 1 nitrogen and oxygen atoms in total. The smallest absolute Gasteiger partial charge is 0.257 e. The monoisotopic (exact) mass is 148 g/mol. The van der Waals surface area contributed by atoms with Crippen molar-refractivity contribution in [1.29, 1.82) is 0 Å². The topological polar surface area (TPSA) is 17.1 Å². The summed E-state index contributed by atoms with van der Waals surface area (Å²) in [5.74, 6) is -3.64. The summed E-state index contributed by atoms with van der Waals surface area (Å²) >= 11 is 0. The zero-order chi connectivity index (χ0) is 7.78. The molecule has 0 bridgehead atoms. The maximum Gasteiger partial charge on any atom is 0.257 e. The first-order chi connectivity index (χ1) is 4.52. The minimum atomic E-state index is -2.72. The van der Waals surface area contributed by atoms with Crippen LogP contribution < -0.4 is 0 Å². The van der Waals surface area contributed by atoms with Crippen LogP contribution >= 0.6 is 0 Å². The van der Waals surface area contributed by atoms with E-state index in [1.807, 2.05) is 0 Å². The maximum absolute atomic E-state index is 12.6. The Morgan fingerprint density at radius 2 is 2.10 bits per heavy atom. The number of carbonyl (C=O) groups excluding carboxylic acids is 1. The van der Waals surface area contributed by atoms with Crippen LogP contribution in [0, 0.1) is 5.92 Å². The summed E-state index contributed by atoms with van der Waals surface area (Å²) in [5, 5.41) is 0. The number of hydrogen-bond acceptors (Lipinski definition) is 1. The van der Waals surface area contributed by atoms with Crippen LogP contribution in [-0.2, 0) is 4.79 Å². The first kappa shape index (κ1) is 7.63. The summed E-state index contributed by atoms with van der Waals surface area (Å²) in [7, 11) is 0. The zero-order valence-electron chi connectivity index (χ0n) is 5.86. The van der Waals surface area contributed by atoms with Gasteiger partial charge in [0.15, 0.2) is 0 Å². The van der Waals surface area contributed by atoms with Crippen molar-refractivity contribution in [2.75, 3.05) is 0 Å². The molecule has 0 amide bonds. The Bertz CT molecular complexity index is 150. The second kappa shape index (κ2) is 2.29. The van der Waals surface area contributed by atoms with Gasteiger partial charge in [0, 0.05) is 5.92 Å². The summed E-state index contributed by atoms with van der Waals surface area (Å²) in [6.45, 7) is 1.20. The van der Waals surface area contributed by atoms with Crippen molar-refractivity contribution < 1.29 is 13.6 Å². The van der Waals surface area contributed by atoms with Crippen LogP contribution in [0.3, 0.4) is 0 Å². The van der Waals surface area contributed by atoms with Crippen molar-refractivity contribution in [2.24, 2.45) is 5.92 Å². The molecule has 58 valence electrons. The van der Waals surface area contributed by atoms with Gasteiger partial charge in [-0.15, -0.1) is 0 Å². The number of hydrogen-bond donors (Lipinski definition) is 0. The van der Waals surface area contributed by atoms with Gasteiger partial charge in [-0.2, -0.15) is 0 Å². The quantitative estimate of drug-likeness (QED) is 0.598. The van der Waals surface area contributed by atoms with Crippen LogP contribution in [0.4, 0.5) is 8.78 Å². The van der Waals surface area contributed by atoms with Crippen molar-refractivity contribution in [3.8, 4) is 0 Å². The molecule has 1 aliphatic rings. The lowest BCUT2D eigenvalue weighted by atomic mass is 10.1. The van der Waals surface area contributed by atoms with Gasteiger partial charge in [0.2, 0.25) is 0 Å². The molecule has 0 saturated heterocycles. The third-order valence-corrected chi connectivity index (χ3v) is 1.66. The Morgan fingerprint density at radius 1 is 1.60 bits per heavy atom. The van der Waals surface area contributed by atoms with Crippen molar-refractivity contribution in [3.05, 3.63) is 0 Å². The average molecular weight is 148 g/mol. The van der Waals surface area contributed by atoms with Crippen molar-refractivity contribution in [1.82, 2.24) is 0 Å². The van der Waals surface area contributed by atoms with Crippen LogP contribution in [0.5, 0.6) is 0 Å². The molecule has 10 heavy (non-hydrogen) atoms. The zero-order valence-corrected chi connectivity index (χ0v) is 5.86. The molecular formula is C7H10F2O. The molecule has 0 aliphatic heterocycles. The number of rotatable bonds is 3. The van der Waals surface area contributed by atoms with Crippen LogP contribution in [0.1, 0.15) is 26.2 Å². The van der Waals surface area contributed by atoms with Crippen LogP contribution in [-0.4, -0.2) is 11.7 Å². The summed E-state index contributed by atoms with van der Waals surface area (Å²) in [6, 6.07) is 0. The first-order valence-electron chi connectivity index (χ1n) is 3.39. The Morgan fingerprint density at radius 3 is 2.40 bits per heavy atom. The molecule has 1 saturated carbocycles. The molecule has 0 atom stereocenters. The number of halogens is 2. The summed E-state index contributed by atoms with van der Waals surface area (Å²) in [5.41, 5.74) is 0. The second-order valence-electron chi connectivity index (χ2n) is 2.91. The van der Waals surface area contributed by atoms with Gasteiger partial charge in [0.05, 0.1) is 6.42 Å². The fourth-order valence-electron chi connectivity index (χ4n) is 0.982. The lowest BCUT2D eigenvalue weighted by Crippen LogP contribution is -2.21. The summed E-state index contributed by atoms with van der Waals surface area (Å²) in [4.78, 5) is 10.3. The molecule has 3 heteroatoms. The van der Waals surface area contributed by atoms with Gasteiger partial charge in [-0.3, -0.25) is 4.79 Å². The SMILES string of the molecule is CC(=O)CC(F)(F)C1CC1. The second-order valence-corrected chi connectivity index (χ2v) is 2.91. The highest BCUT2D eigenvalue weighted by Gasteiger charge is 2.46. The van der Waals surface area contributed by atoms with E-state index in [0.29, 0.717) is 12.8 Å². The predicted octanol–water partition coefficient (Wildman–Crippen LogP) is 2.01. The van der Waals surface area contributed by atoms with E-state index in [1.165, 1.54) is 6.92 Å². The molecule has 1 aliphatic carbocycles.